The van der Waals surface area contributed by atoms with E-state index in [1.165, 1.54) is 6.42 Å². The van der Waals surface area contributed by atoms with Crippen LogP contribution in [-0.4, -0.2) is 33.4 Å². The first-order valence-electron chi connectivity index (χ1n) is 5.98. The van der Waals surface area contributed by atoms with Crippen molar-refractivity contribution in [3.63, 3.8) is 0 Å². The minimum Gasteiger partial charge on any atom is -0.337 e. The Labute approximate surface area is 95.3 Å². The van der Waals surface area contributed by atoms with Crippen molar-refractivity contribution in [1.29, 1.82) is 0 Å². The summed E-state index contributed by atoms with van der Waals surface area (Å²) in [5.41, 5.74) is 0.593. The van der Waals surface area contributed by atoms with Gasteiger partial charge in [-0.1, -0.05) is 0 Å². The van der Waals surface area contributed by atoms with Crippen LogP contribution in [0.2, 0.25) is 0 Å². The van der Waals surface area contributed by atoms with E-state index >= 15 is 0 Å². The molecule has 1 aliphatic heterocycles. The molecule has 4 nitrogen and oxygen atoms in total. The van der Waals surface area contributed by atoms with Crippen molar-refractivity contribution in [2.24, 2.45) is 11.8 Å². The molecule has 2 fully saturated rings. The fraction of sp³-hybridized carbons (Fsp3) is 0.667. The molecule has 2 heterocycles. The minimum atomic E-state index is 0.103. The van der Waals surface area contributed by atoms with Gasteiger partial charge in [0.05, 0.1) is 6.33 Å². The van der Waals surface area contributed by atoms with Crippen molar-refractivity contribution in [2.45, 2.75) is 26.3 Å². The largest absolute Gasteiger partial charge is 0.337 e. The lowest BCUT2D eigenvalue weighted by Crippen LogP contribution is -2.30. The molecule has 3 rings (SSSR count). The van der Waals surface area contributed by atoms with Crippen LogP contribution in [0.1, 0.15) is 36.8 Å². The van der Waals surface area contributed by atoms with Crippen LogP contribution in [0.5, 0.6) is 0 Å². The smallest absolute Gasteiger partial charge is 0.274 e. The lowest BCUT2D eigenvalue weighted by Gasteiger charge is -2.16. The maximum Gasteiger partial charge on any atom is 0.274 e. The normalized spacial score (nSPS) is 27.3. The zero-order valence-electron chi connectivity index (χ0n) is 9.76. The molecule has 0 bridgehead atoms. The van der Waals surface area contributed by atoms with Crippen LogP contribution in [0, 0.1) is 11.8 Å². The van der Waals surface area contributed by atoms with Gasteiger partial charge in [0.1, 0.15) is 5.69 Å². The summed E-state index contributed by atoms with van der Waals surface area (Å²) in [7, 11) is 0. The van der Waals surface area contributed by atoms with Gasteiger partial charge in [-0.2, -0.15) is 0 Å². The number of likely N-dealkylation sites (tertiary alicyclic amines) is 1. The maximum absolute atomic E-state index is 12.1. The average Bonchev–Trinajstić information content (AvgIpc) is 2.72. The van der Waals surface area contributed by atoms with Crippen LogP contribution in [0.15, 0.2) is 12.5 Å². The number of carbonyl (C=O) groups excluding carboxylic acids is 1. The zero-order valence-corrected chi connectivity index (χ0v) is 9.76. The summed E-state index contributed by atoms with van der Waals surface area (Å²) < 4.78 is 1.98. The highest BCUT2D eigenvalue weighted by Gasteiger charge is 2.46. The van der Waals surface area contributed by atoms with E-state index in [4.69, 9.17) is 0 Å². The van der Waals surface area contributed by atoms with Crippen molar-refractivity contribution < 1.29 is 4.79 Å². The highest BCUT2D eigenvalue weighted by Crippen LogP contribution is 2.45. The number of carbonyl (C=O) groups is 1. The van der Waals surface area contributed by atoms with Crippen molar-refractivity contribution in [3.05, 3.63) is 18.2 Å². The van der Waals surface area contributed by atoms with Crippen molar-refractivity contribution >= 4 is 5.91 Å². The summed E-state index contributed by atoms with van der Waals surface area (Å²) >= 11 is 0. The first-order valence-corrected chi connectivity index (χ1v) is 5.98. The number of hydrogen-bond acceptors (Lipinski definition) is 2. The lowest BCUT2D eigenvalue weighted by atomic mass is 10.3. The van der Waals surface area contributed by atoms with E-state index in [2.05, 4.69) is 18.8 Å². The first kappa shape index (κ1) is 9.87. The van der Waals surface area contributed by atoms with Gasteiger partial charge in [0.15, 0.2) is 0 Å². The number of fused-ring (bicyclic) bond motifs is 1. The highest BCUT2D eigenvalue weighted by atomic mass is 16.2. The van der Waals surface area contributed by atoms with Crippen LogP contribution in [-0.2, 0) is 0 Å². The minimum absolute atomic E-state index is 0.103. The third-order valence-electron chi connectivity index (χ3n) is 3.68. The fourth-order valence-electron chi connectivity index (χ4n) is 2.46. The van der Waals surface area contributed by atoms with E-state index in [9.17, 15) is 4.79 Å². The number of hydrogen-bond donors (Lipinski definition) is 0. The van der Waals surface area contributed by atoms with Crippen LogP contribution in [0.25, 0.3) is 0 Å². The summed E-state index contributed by atoms with van der Waals surface area (Å²) in [4.78, 5) is 18.2. The molecule has 0 N–H and O–H groups in total. The lowest BCUT2D eigenvalue weighted by molar-refractivity contribution is 0.0770. The molecule has 0 aromatic carbocycles. The third-order valence-corrected chi connectivity index (χ3v) is 3.68. The quantitative estimate of drug-likeness (QED) is 0.757. The summed E-state index contributed by atoms with van der Waals surface area (Å²) in [5.74, 6) is 1.68. The second-order valence-corrected chi connectivity index (χ2v) is 5.27. The first-order chi connectivity index (χ1) is 7.65. The van der Waals surface area contributed by atoms with Crippen LogP contribution in [0.3, 0.4) is 0 Å². The molecular weight excluding hydrogens is 202 g/mol. The molecule has 1 amide bonds. The molecule has 1 saturated heterocycles. The molecular formula is C12H17N3O. The van der Waals surface area contributed by atoms with Crippen LogP contribution >= 0.6 is 0 Å². The number of amides is 1. The van der Waals surface area contributed by atoms with Crippen LogP contribution < -0.4 is 0 Å². The number of piperidine rings is 1. The van der Waals surface area contributed by atoms with Gasteiger partial charge >= 0.3 is 0 Å². The topological polar surface area (TPSA) is 38.1 Å². The number of rotatable bonds is 2. The predicted octanol–water partition coefficient (Wildman–Crippen LogP) is 1.56. The Morgan fingerprint density at radius 1 is 1.44 bits per heavy atom. The molecule has 2 aliphatic rings. The molecule has 86 valence electrons. The van der Waals surface area contributed by atoms with Gasteiger partial charge < -0.3 is 9.47 Å². The molecule has 16 heavy (non-hydrogen) atoms. The van der Waals surface area contributed by atoms with Gasteiger partial charge in [0.2, 0.25) is 0 Å². The third kappa shape index (κ3) is 1.52. The Morgan fingerprint density at radius 2 is 2.12 bits per heavy atom. The van der Waals surface area contributed by atoms with Gasteiger partial charge in [-0.25, -0.2) is 4.98 Å². The summed E-state index contributed by atoms with van der Waals surface area (Å²) in [6.45, 7) is 6.05. The van der Waals surface area contributed by atoms with E-state index in [0.717, 1.165) is 24.9 Å². The van der Waals surface area contributed by atoms with Crippen molar-refractivity contribution in [1.82, 2.24) is 14.5 Å². The van der Waals surface area contributed by atoms with Gasteiger partial charge in [-0.05, 0) is 32.1 Å². The van der Waals surface area contributed by atoms with Gasteiger partial charge in [0.25, 0.3) is 5.91 Å². The molecule has 0 radical (unpaired) electrons. The molecule has 0 spiro atoms. The standard InChI is InChI=1S/C12H17N3O/c1-8(2)15-6-11(13-7-15)12(16)14-4-9-3-10(9)5-14/h6-10H,3-5H2,1-2H3/t9-,10+. The van der Waals surface area contributed by atoms with E-state index in [1.54, 1.807) is 6.33 Å². The Balaban J connectivity index is 1.73. The monoisotopic (exact) mass is 219 g/mol. The number of nitrogens with zero attached hydrogens (tertiary/aromatic N) is 3. The maximum atomic E-state index is 12.1. The molecule has 2 atom stereocenters. The molecule has 1 aliphatic carbocycles. The molecule has 1 aromatic rings. The summed E-state index contributed by atoms with van der Waals surface area (Å²) in [6.07, 6.45) is 4.93. The fourth-order valence-corrected chi connectivity index (χ4v) is 2.46. The van der Waals surface area contributed by atoms with Gasteiger partial charge in [-0.3, -0.25) is 4.79 Å². The second kappa shape index (κ2) is 3.34. The molecule has 4 heteroatoms. The summed E-state index contributed by atoms with van der Waals surface area (Å²) in [5, 5.41) is 0. The summed E-state index contributed by atoms with van der Waals surface area (Å²) in [6, 6.07) is 0.362. The van der Waals surface area contributed by atoms with Crippen LogP contribution in [0.4, 0.5) is 0 Å². The Hall–Kier alpha value is -1.32. The Kier molecular flexibility index (Phi) is 2.06. The Morgan fingerprint density at radius 3 is 2.69 bits per heavy atom. The van der Waals surface area contributed by atoms with Crippen molar-refractivity contribution in [2.75, 3.05) is 13.1 Å². The molecule has 1 saturated carbocycles. The van der Waals surface area contributed by atoms with Crippen molar-refractivity contribution in [3.8, 4) is 0 Å². The van der Waals surface area contributed by atoms with E-state index in [-0.39, 0.29) is 5.91 Å². The molecule has 1 aromatic heterocycles. The van der Waals surface area contributed by atoms with E-state index < -0.39 is 0 Å². The number of imidazole rings is 1. The Bertz CT molecular complexity index is 414. The molecule has 0 unspecified atom stereocenters. The second-order valence-electron chi connectivity index (χ2n) is 5.27. The van der Waals surface area contributed by atoms with Gasteiger partial charge in [-0.15, -0.1) is 0 Å². The predicted molar refractivity (Wildman–Crippen MR) is 60.1 cm³/mol. The van der Waals surface area contributed by atoms with E-state index in [0.29, 0.717) is 11.7 Å². The van der Waals surface area contributed by atoms with Gasteiger partial charge in [0, 0.05) is 25.3 Å². The number of aromatic nitrogens is 2. The van der Waals surface area contributed by atoms with E-state index in [1.807, 2.05) is 15.7 Å². The average molecular weight is 219 g/mol. The zero-order chi connectivity index (χ0) is 11.3. The highest BCUT2D eigenvalue weighted by molar-refractivity contribution is 5.92. The SMILES string of the molecule is CC(C)n1cnc(C(=O)N2C[C@H]3C[C@H]3C2)c1.